The maximum Gasteiger partial charge on any atom is 0.251 e. The van der Waals surface area contributed by atoms with Crippen LogP contribution in [-0.2, 0) is 0 Å². The molecule has 0 amide bonds. The molecule has 1 aromatic heterocycles. The van der Waals surface area contributed by atoms with E-state index in [9.17, 15) is 4.79 Å². The van der Waals surface area contributed by atoms with E-state index >= 15 is 0 Å². The number of hydrogen-bond acceptors (Lipinski definition) is 2. The number of ether oxygens (including phenoxy) is 1. The van der Waals surface area contributed by atoms with Gasteiger partial charge in [-0.2, -0.15) is 0 Å². The largest absolute Gasteiger partial charge is 0.492 e. The lowest BCUT2D eigenvalue weighted by Crippen LogP contribution is -2.10. The molecule has 99 valence electrons. The third-order valence-electron chi connectivity index (χ3n) is 3.41. The Morgan fingerprint density at radius 2 is 2.21 bits per heavy atom. The smallest absolute Gasteiger partial charge is 0.251 e. The first-order valence-electron chi connectivity index (χ1n) is 6.46. The predicted octanol–water partition coefficient (Wildman–Crippen LogP) is 3.54. The summed E-state index contributed by atoms with van der Waals surface area (Å²) in [7, 11) is 0. The van der Waals surface area contributed by atoms with Crippen LogP contribution in [0.5, 0.6) is 5.75 Å². The summed E-state index contributed by atoms with van der Waals surface area (Å²) in [6, 6.07) is 5.48. The zero-order chi connectivity index (χ0) is 13.4. The topological polar surface area (TPSA) is 42.1 Å². The van der Waals surface area contributed by atoms with Gasteiger partial charge in [0.1, 0.15) is 5.75 Å². The number of benzene rings is 1. The maximum atomic E-state index is 11.8. The average Bonchev–Trinajstić information content (AvgIpc) is 3.20. The standard InChI is InChI=1S/C15H15ClNO2/c1-2-10-5-11-6-12(16)14(19-8-9-3-4-9)7-13(11)17-15(10)18/h2,5-7,9H,3-4,8H2,1H3,(H,17,18). The van der Waals surface area contributed by atoms with Crippen molar-refractivity contribution in [3.05, 3.63) is 45.6 Å². The summed E-state index contributed by atoms with van der Waals surface area (Å²) in [5, 5.41) is 1.50. The Bertz CT molecular complexity index is 674. The van der Waals surface area contributed by atoms with Crippen LogP contribution in [0, 0.1) is 12.3 Å². The van der Waals surface area contributed by atoms with Gasteiger partial charge in [-0.1, -0.05) is 18.5 Å². The molecule has 1 N–H and O–H groups in total. The number of halogens is 1. The SMILES string of the molecule is C[CH]c1cc2cc(Cl)c(OCC3CC3)cc2[nH]c1=O. The molecule has 1 aliphatic carbocycles. The summed E-state index contributed by atoms with van der Waals surface area (Å²) >= 11 is 6.22. The molecule has 1 fully saturated rings. The van der Waals surface area contributed by atoms with Gasteiger partial charge in [-0.25, -0.2) is 0 Å². The summed E-state index contributed by atoms with van der Waals surface area (Å²) in [5.74, 6) is 1.31. The summed E-state index contributed by atoms with van der Waals surface area (Å²) < 4.78 is 5.70. The molecule has 2 aromatic rings. The van der Waals surface area contributed by atoms with Gasteiger partial charge in [0, 0.05) is 17.0 Å². The van der Waals surface area contributed by atoms with Crippen molar-refractivity contribution in [2.45, 2.75) is 19.8 Å². The highest BCUT2D eigenvalue weighted by molar-refractivity contribution is 6.32. The van der Waals surface area contributed by atoms with E-state index in [4.69, 9.17) is 16.3 Å². The van der Waals surface area contributed by atoms with Gasteiger partial charge in [-0.3, -0.25) is 4.79 Å². The fourth-order valence-corrected chi connectivity index (χ4v) is 2.27. The van der Waals surface area contributed by atoms with E-state index in [0.29, 0.717) is 28.9 Å². The Morgan fingerprint density at radius 3 is 2.89 bits per heavy atom. The predicted molar refractivity (Wildman–Crippen MR) is 76.9 cm³/mol. The highest BCUT2D eigenvalue weighted by Gasteiger charge is 2.22. The summed E-state index contributed by atoms with van der Waals surface area (Å²) in [6.45, 7) is 2.54. The number of aromatic amines is 1. The van der Waals surface area contributed by atoms with Crippen molar-refractivity contribution in [1.82, 2.24) is 4.98 Å². The molecule has 1 saturated carbocycles. The molecule has 0 unspecified atom stereocenters. The van der Waals surface area contributed by atoms with Gasteiger partial charge < -0.3 is 9.72 Å². The summed E-state index contributed by atoms with van der Waals surface area (Å²) in [6.07, 6.45) is 4.25. The van der Waals surface area contributed by atoms with Crippen LogP contribution >= 0.6 is 11.6 Å². The molecule has 1 heterocycles. The zero-order valence-electron chi connectivity index (χ0n) is 10.7. The molecular weight excluding hydrogens is 262 g/mol. The van der Waals surface area contributed by atoms with E-state index < -0.39 is 0 Å². The second-order valence-electron chi connectivity index (χ2n) is 4.97. The van der Waals surface area contributed by atoms with Crippen molar-refractivity contribution >= 4 is 22.5 Å². The number of fused-ring (bicyclic) bond motifs is 1. The first-order chi connectivity index (χ1) is 9.17. The molecule has 0 bridgehead atoms. The molecule has 4 heteroatoms. The highest BCUT2D eigenvalue weighted by Crippen LogP contribution is 2.33. The fraction of sp³-hybridized carbons (Fsp3) is 0.333. The van der Waals surface area contributed by atoms with Gasteiger partial charge in [-0.05, 0) is 37.3 Å². The first-order valence-corrected chi connectivity index (χ1v) is 6.84. The zero-order valence-corrected chi connectivity index (χ0v) is 11.5. The minimum atomic E-state index is -0.0922. The molecule has 1 aromatic carbocycles. The third-order valence-corrected chi connectivity index (χ3v) is 3.70. The number of nitrogens with one attached hydrogen (secondary N) is 1. The van der Waals surface area contributed by atoms with Crippen LogP contribution < -0.4 is 10.3 Å². The molecular formula is C15H15ClNO2. The molecule has 0 aliphatic heterocycles. The molecule has 0 spiro atoms. The Hall–Kier alpha value is -1.48. The normalized spacial score (nSPS) is 14.8. The lowest BCUT2D eigenvalue weighted by Gasteiger charge is -2.09. The van der Waals surface area contributed by atoms with Crippen LogP contribution in [0.4, 0.5) is 0 Å². The minimum absolute atomic E-state index is 0.0922. The van der Waals surface area contributed by atoms with E-state index in [-0.39, 0.29) is 5.56 Å². The van der Waals surface area contributed by atoms with Gasteiger partial charge in [0.15, 0.2) is 0 Å². The van der Waals surface area contributed by atoms with Crippen molar-refractivity contribution in [3.8, 4) is 5.75 Å². The van der Waals surface area contributed by atoms with Crippen LogP contribution in [0.1, 0.15) is 25.3 Å². The second kappa shape index (κ2) is 4.89. The lowest BCUT2D eigenvalue weighted by atomic mass is 10.1. The number of pyridine rings is 1. The van der Waals surface area contributed by atoms with Gasteiger partial charge >= 0.3 is 0 Å². The molecule has 19 heavy (non-hydrogen) atoms. The van der Waals surface area contributed by atoms with E-state index in [1.54, 1.807) is 12.5 Å². The molecule has 3 rings (SSSR count). The first kappa shape index (κ1) is 12.5. The average molecular weight is 277 g/mol. The quantitative estimate of drug-likeness (QED) is 0.928. The molecule has 1 radical (unpaired) electrons. The van der Waals surface area contributed by atoms with Crippen LogP contribution in [0.3, 0.4) is 0 Å². The number of H-pyrrole nitrogens is 1. The van der Waals surface area contributed by atoms with Crippen LogP contribution in [-0.4, -0.2) is 11.6 Å². The van der Waals surface area contributed by atoms with Crippen LogP contribution in [0.25, 0.3) is 10.9 Å². The van der Waals surface area contributed by atoms with Crippen molar-refractivity contribution in [3.63, 3.8) is 0 Å². The van der Waals surface area contributed by atoms with Crippen molar-refractivity contribution in [2.75, 3.05) is 6.61 Å². The molecule has 0 saturated heterocycles. The highest BCUT2D eigenvalue weighted by atomic mass is 35.5. The van der Waals surface area contributed by atoms with Gasteiger partial charge in [0.25, 0.3) is 5.56 Å². The van der Waals surface area contributed by atoms with Crippen molar-refractivity contribution < 1.29 is 4.74 Å². The van der Waals surface area contributed by atoms with E-state index in [1.165, 1.54) is 12.8 Å². The van der Waals surface area contributed by atoms with Crippen molar-refractivity contribution in [2.24, 2.45) is 5.92 Å². The number of hydrogen-bond donors (Lipinski definition) is 1. The molecule has 1 aliphatic rings. The Balaban J connectivity index is 2.00. The minimum Gasteiger partial charge on any atom is -0.492 e. The lowest BCUT2D eigenvalue weighted by molar-refractivity contribution is 0.300. The van der Waals surface area contributed by atoms with Gasteiger partial charge in [0.2, 0.25) is 0 Å². The van der Waals surface area contributed by atoms with Gasteiger partial charge in [0.05, 0.1) is 17.1 Å². The fourth-order valence-electron chi connectivity index (χ4n) is 2.04. The Kier molecular flexibility index (Phi) is 3.23. The Morgan fingerprint density at radius 1 is 1.42 bits per heavy atom. The molecule has 0 atom stereocenters. The van der Waals surface area contributed by atoms with Crippen LogP contribution in [0.2, 0.25) is 5.02 Å². The number of aromatic nitrogens is 1. The summed E-state index contributed by atoms with van der Waals surface area (Å²) in [5.41, 5.74) is 1.31. The Labute approximate surface area is 116 Å². The molecule has 3 nitrogen and oxygen atoms in total. The summed E-state index contributed by atoms with van der Waals surface area (Å²) in [4.78, 5) is 14.6. The van der Waals surface area contributed by atoms with E-state index in [0.717, 1.165) is 10.9 Å². The van der Waals surface area contributed by atoms with Crippen molar-refractivity contribution in [1.29, 1.82) is 0 Å². The van der Waals surface area contributed by atoms with E-state index in [1.807, 2.05) is 19.1 Å². The second-order valence-corrected chi connectivity index (χ2v) is 5.37. The monoisotopic (exact) mass is 276 g/mol. The van der Waals surface area contributed by atoms with Crippen LogP contribution in [0.15, 0.2) is 23.0 Å². The maximum absolute atomic E-state index is 11.8. The van der Waals surface area contributed by atoms with E-state index in [2.05, 4.69) is 4.98 Å². The van der Waals surface area contributed by atoms with Gasteiger partial charge in [-0.15, -0.1) is 0 Å². The third kappa shape index (κ3) is 2.61. The number of rotatable bonds is 4.